The van der Waals surface area contributed by atoms with Crippen molar-refractivity contribution in [2.45, 2.75) is 24.3 Å². The molecule has 1 heterocycles. The van der Waals surface area contributed by atoms with E-state index in [9.17, 15) is 12.8 Å². The molecule has 82 valence electrons. The van der Waals surface area contributed by atoms with Crippen LogP contribution in [0.5, 0.6) is 0 Å². The van der Waals surface area contributed by atoms with E-state index in [1.165, 1.54) is 18.2 Å². The number of anilines is 1. The van der Waals surface area contributed by atoms with E-state index in [4.69, 9.17) is 0 Å². The molecular formula is C10H12FNO2S. The molecule has 2 rings (SSSR count). The van der Waals surface area contributed by atoms with Crippen LogP contribution in [0.15, 0.2) is 23.1 Å². The van der Waals surface area contributed by atoms with Gasteiger partial charge in [0.2, 0.25) is 0 Å². The van der Waals surface area contributed by atoms with E-state index in [-0.39, 0.29) is 16.3 Å². The summed E-state index contributed by atoms with van der Waals surface area (Å²) in [5.74, 6) is -0.542. The summed E-state index contributed by atoms with van der Waals surface area (Å²) >= 11 is 0. The van der Waals surface area contributed by atoms with Gasteiger partial charge in [0, 0.05) is 5.54 Å². The molecule has 0 saturated heterocycles. The van der Waals surface area contributed by atoms with Crippen molar-refractivity contribution in [3.05, 3.63) is 24.0 Å². The van der Waals surface area contributed by atoms with Crippen LogP contribution in [0, 0.1) is 5.82 Å². The minimum absolute atomic E-state index is 0.0174. The van der Waals surface area contributed by atoms with E-state index in [0.717, 1.165) is 0 Å². The number of sulfone groups is 1. The van der Waals surface area contributed by atoms with Crippen LogP contribution in [0.3, 0.4) is 0 Å². The van der Waals surface area contributed by atoms with Crippen LogP contribution < -0.4 is 5.32 Å². The average Bonchev–Trinajstić information content (AvgIpc) is 2.04. The summed E-state index contributed by atoms with van der Waals surface area (Å²) in [6.45, 7) is 3.47. The summed E-state index contributed by atoms with van der Waals surface area (Å²) in [7, 11) is -3.37. The molecule has 0 radical (unpaired) electrons. The van der Waals surface area contributed by atoms with E-state index in [2.05, 4.69) is 5.32 Å². The molecule has 0 fully saturated rings. The van der Waals surface area contributed by atoms with Crippen molar-refractivity contribution in [2.75, 3.05) is 11.1 Å². The molecule has 0 amide bonds. The zero-order valence-corrected chi connectivity index (χ0v) is 9.36. The largest absolute Gasteiger partial charge is 0.376 e. The lowest BCUT2D eigenvalue weighted by Gasteiger charge is -2.33. The molecule has 1 aliphatic rings. The first-order valence-electron chi connectivity index (χ1n) is 4.61. The minimum atomic E-state index is -3.37. The molecule has 5 heteroatoms. The maximum Gasteiger partial charge on any atom is 0.182 e. The number of rotatable bonds is 0. The van der Waals surface area contributed by atoms with Gasteiger partial charge in [0.15, 0.2) is 9.84 Å². The second kappa shape index (κ2) is 2.95. The fourth-order valence-corrected chi connectivity index (χ4v) is 3.74. The number of nitrogens with one attached hydrogen (secondary N) is 1. The quantitative estimate of drug-likeness (QED) is 0.738. The lowest BCUT2D eigenvalue weighted by atomic mass is 10.1. The summed E-state index contributed by atoms with van der Waals surface area (Å²) in [5, 5.41) is 2.91. The van der Waals surface area contributed by atoms with E-state index in [1.807, 2.05) is 0 Å². The van der Waals surface area contributed by atoms with Crippen molar-refractivity contribution >= 4 is 15.5 Å². The Hall–Kier alpha value is -1.10. The van der Waals surface area contributed by atoms with Crippen LogP contribution in [-0.4, -0.2) is 19.7 Å². The Morgan fingerprint density at radius 1 is 1.40 bits per heavy atom. The van der Waals surface area contributed by atoms with Gasteiger partial charge in [0.1, 0.15) is 5.82 Å². The highest BCUT2D eigenvalue weighted by atomic mass is 32.2. The second-order valence-corrected chi connectivity index (χ2v) is 6.34. The lowest BCUT2D eigenvalue weighted by Crippen LogP contribution is -2.43. The monoisotopic (exact) mass is 229 g/mol. The van der Waals surface area contributed by atoms with Crippen LogP contribution in [0.25, 0.3) is 0 Å². The highest BCUT2D eigenvalue weighted by Gasteiger charge is 2.36. The predicted octanol–water partition coefficient (Wildman–Crippen LogP) is 1.80. The fraction of sp³-hybridized carbons (Fsp3) is 0.400. The molecule has 1 aliphatic heterocycles. The molecule has 0 saturated carbocycles. The molecule has 0 bridgehead atoms. The molecule has 0 aromatic heterocycles. The number of benzene rings is 1. The van der Waals surface area contributed by atoms with Crippen molar-refractivity contribution < 1.29 is 12.8 Å². The second-order valence-electron chi connectivity index (χ2n) is 4.38. The minimum Gasteiger partial charge on any atom is -0.376 e. The molecular weight excluding hydrogens is 217 g/mol. The maximum absolute atomic E-state index is 13.4. The summed E-state index contributed by atoms with van der Waals surface area (Å²) in [6.07, 6.45) is 0. The number of hydrogen-bond donors (Lipinski definition) is 1. The van der Waals surface area contributed by atoms with Gasteiger partial charge >= 0.3 is 0 Å². The topological polar surface area (TPSA) is 46.2 Å². The van der Waals surface area contributed by atoms with Crippen LogP contribution >= 0.6 is 0 Å². The SMILES string of the molecule is CC1(C)CS(=O)(=O)c2cccc(F)c2N1. The molecule has 1 aromatic carbocycles. The summed E-state index contributed by atoms with van der Waals surface area (Å²) < 4.78 is 37.1. The molecule has 1 N–H and O–H groups in total. The Kier molecular flexibility index (Phi) is 2.05. The number of fused-ring (bicyclic) bond motifs is 1. The predicted molar refractivity (Wildman–Crippen MR) is 56.2 cm³/mol. The fourth-order valence-electron chi connectivity index (χ4n) is 1.81. The molecule has 0 aliphatic carbocycles. The van der Waals surface area contributed by atoms with Gasteiger partial charge in [-0.2, -0.15) is 0 Å². The van der Waals surface area contributed by atoms with E-state index < -0.39 is 21.2 Å². The zero-order valence-electron chi connectivity index (χ0n) is 8.54. The highest BCUT2D eigenvalue weighted by molar-refractivity contribution is 7.91. The van der Waals surface area contributed by atoms with Gasteiger partial charge in [-0.05, 0) is 26.0 Å². The van der Waals surface area contributed by atoms with Crippen LogP contribution in [0.1, 0.15) is 13.8 Å². The Balaban J connectivity index is 2.71. The van der Waals surface area contributed by atoms with Gasteiger partial charge in [-0.25, -0.2) is 12.8 Å². The van der Waals surface area contributed by atoms with E-state index in [1.54, 1.807) is 13.8 Å². The summed E-state index contributed by atoms with van der Waals surface area (Å²) in [5.41, 5.74) is -0.539. The van der Waals surface area contributed by atoms with E-state index in [0.29, 0.717) is 0 Å². The third kappa shape index (κ3) is 1.71. The summed E-state index contributed by atoms with van der Waals surface area (Å²) in [6, 6.07) is 4.09. The van der Waals surface area contributed by atoms with Gasteiger partial charge in [-0.1, -0.05) is 6.07 Å². The van der Waals surface area contributed by atoms with Crippen molar-refractivity contribution in [3.63, 3.8) is 0 Å². The molecule has 0 atom stereocenters. The standard InChI is InChI=1S/C10H12FNO2S/c1-10(2)6-15(13,14)8-5-3-4-7(11)9(8)12-10/h3-5,12H,6H2,1-2H3. The average molecular weight is 229 g/mol. The Morgan fingerprint density at radius 3 is 2.73 bits per heavy atom. The van der Waals surface area contributed by atoms with Crippen molar-refractivity contribution in [1.82, 2.24) is 0 Å². The maximum atomic E-state index is 13.4. The number of para-hydroxylation sites is 1. The Labute approximate surface area is 88.2 Å². The highest BCUT2D eigenvalue weighted by Crippen LogP contribution is 2.34. The van der Waals surface area contributed by atoms with Gasteiger partial charge in [-0.15, -0.1) is 0 Å². The smallest absolute Gasteiger partial charge is 0.182 e. The van der Waals surface area contributed by atoms with Gasteiger partial charge < -0.3 is 5.32 Å². The Morgan fingerprint density at radius 2 is 2.07 bits per heavy atom. The summed E-state index contributed by atoms with van der Waals surface area (Å²) in [4.78, 5) is 0.0572. The van der Waals surface area contributed by atoms with Gasteiger partial charge in [0.25, 0.3) is 0 Å². The van der Waals surface area contributed by atoms with Crippen LogP contribution in [-0.2, 0) is 9.84 Å². The molecule has 1 aromatic rings. The normalized spacial score (nSPS) is 21.5. The first-order valence-corrected chi connectivity index (χ1v) is 6.26. The van der Waals surface area contributed by atoms with Crippen molar-refractivity contribution in [2.24, 2.45) is 0 Å². The number of halogens is 1. The molecule has 15 heavy (non-hydrogen) atoms. The molecule has 0 spiro atoms. The first-order chi connectivity index (χ1) is 6.82. The molecule has 0 unspecified atom stereocenters. The third-order valence-corrected chi connectivity index (χ3v) is 4.44. The first kappa shape index (κ1) is 10.4. The molecule has 3 nitrogen and oxygen atoms in total. The zero-order chi connectivity index (χ0) is 11.3. The van der Waals surface area contributed by atoms with Crippen LogP contribution in [0.2, 0.25) is 0 Å². The van der Waals surface area contributed by atoms with Crippen LogP contribution in [0.4, 0.5) is 10.1 Å². The van der Waals surface area contributed by atoms with Crippen molar-refractivity contribution in [3.8, 4) is 0 Å². The van der Waals surface area contributed by atoms with Gasteiger partial charge in [-0.3, -0.25) is 0 Å². The lowest BCUT2D eigenvalue weighted by molar-refractivity contribution is 0.545. The Bertz CT molecular complexity index is 508. The van der Waals surface area contributed by atoms with E-state index >= 15 is 0 Å². The third-order valence-electron chi connectivity index (χ3n) is 2.32. The van der Waals surface area contributed by atoms with Gasteiger partial charge in [0.05, 0.1) is 16.3 Å². The number of hydrogen-bond acceptors (Lipinski definition) is 3. The van der Waals surface area contributed by atoms with Crippen molar-refractivity contribution in [1.29, 1.82) is 0 Å².